The molecule has 4 nitrogen and oxygen atoms in total. The van der Waals surface area contributed by atoms with Crippen LogP contribution in [-0.2, 0) is 27.8 Å². The van der Waals surface area contributed by atoms with Crippen molar-refractivity contribution in [1.29, 1.82) is 0 Å². The van der Waals surface area contributed by atoms with Crippen molar-refractivity contribution in [3.8, 4) is 5.75 Å². The molecular formula is C21H22ClNO3. The summed E-state index contributed by atoms with van der Waals surface area (Å²) in [4.78, 5) is 11.5. The molecule has 136 valence electrons. The van der Waals surface area contributed by atoms with E-state index in [1.54, 1.807) is 0 Å². The van der Waals surface area contributed by atoms with Gasteiger partial charge in [-0.25, -0.2) is 0 Å². The third-order valence-corrected chi connectivity index (χ3v) is 5.72. The maximum atomic E-state index is 11.5. The molecule has 0 bridgehead atoms. The van der Waals surface area contributed by atoms with E-state index in [-0.39, 0.29) is 17.8 Å². The number of hydrogen-bond donors (Lipinski definition) is 1. The summed E-state index contributed by atoms with van der Waals surface area (Å²) in [7, 11) is 1.41. The van der Waals surface area contributed by atoms with E-state index in [1.807, 2.05) is 24.3 Å². The fourth-order valence-corrected chi connectivity index (χ4v) is 4.29. The number of fused-ring (bicyclic) bond motifs is 3. The molecule has 0 saturated heterocycles. The Morgan fingerprint density at radius 1 is 1.31 bits per heavy atom. The Morgan fingerprint density at radius 3 is 3.04 bits per heavy atom. The standard InChI is InChI=1S/C21H22ClNO3/c1-25-20(24)10-14-4-7-19-18(9-14)23-12-21(13-26-19)8-2-3-15-11-16(22)5-6-17(15)21/h4-7,9,11,23H,2-3,8,10,12-13H2,1H3/t21-/m0/s1. The molecule has 1 aliphatic carbocycles. The molecule has 1 N–H and O–H groups in total. The SMILES string of the molecule is COC(=O)Cc1ccc2c(c1)NC[C@@]1(CCCc3cc(Cl)ccc31)CO2. The predicted molar refractivity (Wildman–Crippen MR) is 102 cm³/mol. The van der Waals surface area contributed by atoms with Gasteiger partial charge in [-0.05, 0) is 60.2 Å². The van der Waals surface area contributed by atoms with Gasteiger partial charge in [-0.15, -0.1) is 0 Å². The molecule has 0 fully saturated rings. The summed E-state index contributed by atoms with van der Waals surface area (Å²) in [6.45, 7) is 1.44. The number of esters is 1. The monoisotopic (exact) mass is 371 g/mol. The van der Waals surface area contributed by atoms with Gasteiger partial charge in [-0.2, -0.15) is 0 Å². The second-order valence-electron chi connectivity index (χ2n) is 7.16. The van der Waals surface area contributed by atoms with Crippen molar-refractivity contribution in [3.63, 3.8) is 0 Å². The van der Waals surface area contributed by atoms with Gasteiger partial charge in [0.15, 0.2) is 0 Å². The van der Waals surface area contributed by atoms with Crippen LogP contribution in [0, 0.1) is 0 Å². The highest BCUT2D eigenvalue weighted by Crippen LogP contribution is 2.42. The van der Waals surface area contributed by atoms with Crippen LogP contribution in [0.1, 0.15) is 29.5 Å². The molecule has 4 rings (SSSR count). The molecule has 1 spiro atoms. The summed E-state index contributed by atoms with van der Waals surface area (Å²) in [5.74, 6) is 0.589. The maximum absolute atomic E-state index is 11.5. The Hall–Kier alpha value is -2.20. The first kappa shape index (κ1) is 17.2. The molecule has 2 aromatic rings. The van der Waals surface area contributed by atoms with Crippen LogP contribution in [0.5, 0.6) is 5.75 Å². The van der Waals surface area contributed by atoms with Crippen molar-refractivity contribution in [2.24, 2.45) is 0 Å². The van der Waals surface area contributed by atoms with Crippen LogP contribution in [0.15, 0.2) is 36.4 Å². The fraction of sp³-hybridized carbons (Fsp3) is 0.381. The highest BCUT2D eigenvalue weighted by molar-refractivity contribution is 6.30. The van der Waals surface area contributed by atoms with Crippen LogP contribution < -0.4 is 10.1 Å². The van der Waals surface area contributed by atoms with Gasteiger partial charge in [-0.3, -0.25) is 4.79 Å². The van der Waals surface area contributed by atoms with E-state index in [1.165, 1.54) is 18.2 Å². The highest BCUT2D eigenvalue weighted by Gasteiger charge is 2.39. The number of aryl methyl sites for hydroxylation is 1. The first-order chi connectivity index (χ1) is 12.6. The average molecular weight is 372 g/mol. The van der Waals surface area contributed by atoms with E-state index in [9.17, 15) is 4.79 Å². The summed E-state index contributed by atoms with van der Waals surface area (Å²) in [6.07, 6.45) is 3.53. The van der Waals surface area contributed by atoms with Crippen LogP contribution in [0.2, 0.25) is 5.02 Å². The minimum atomic E-state index is -0.242. The quantitative estimate of drug-likeness (QED) is 0.806. The number of hydrogen-bond acceptors (Lipinski definition) is 4. The van der Waals surface area contributed by atoms with E-state index in [4.69, 9.17) is 21.1 Å². The van der Waals surface area contributed by atoms with Gasteiger partial charge in [0.2, 0.25) is 0 Å². The van der Waals surface area contributed by atoms with Crippen molar-refractivity contribution in [2.45, 2.75) is 31.1 Å². The Balaban J connectivity index is 1.62. The lowest BCUT2D eigenvalue weighted by molar-refractivity contribution is -0.139. The molecule has 0 radical (unpaired) electrons. The molecule has 1 atom stereocenters. The van der Waals surface area contributed by atoms with Gasteiger partial charge in [0.1, 0.15) is 5.75 Å². The molecule has 26 heavy (non-hydrogen) atoms. The zero-order valence-corrected chi connectivity index (χ0v) is 15.6. The van der Waals surface area contributed by atoms with Gasteiger partial charge >= 0.3 is 5.97 Å². The van der Waals surface area contributed by atoms with Gasteiger partial charge in [0.05, 0.1) is 25.8 Å². The smallest absolute Gasteiger partial charge is 0.309 e. The summed E-state index contributed by atoms with van der Waals surface area (Å²) >= 11 is 6.20. The van der Waals surface area contributed by atoms with E-state index in [0.29, 0.717) is 6.61 Å². The average Bonchev–Trinajstić information content (AvgIpc) is 2.82. The highest BCUT2D eigenvalue weighted by atomic mass is 35.5. The lowest BCUT2D eigenvalue weighted by Gasteiger charge is -2.37. The number of carbonyl (C=O) groups is 1. The Labute approximate surface area is 158 Å². The summed E-state index contributed by atoms with van der Waals surface area (Å²) in [5, 5.41) is 4.35. The van der Waals surface area contributed by atoms with Crippen molar-refractivity contribution in [2.75, 3.05) is 25.6 Å². The number of benzene rings is 2. The van der Waals surface area contributed by atoms with E-state index in [0.717, 1.165) is 47.8 Å². The van der Waals surface area contributed by atoms with Crippen molar-refractivity contribution >= 4 is 23.3 Å². The lowest BCUT2D eigenvalue weighted by Crippen LogP contribution is -2.41. The largest absolute Gasteiger partial charge is 0.490 e. The lowest BCUT2D eigenvalue weighted by atomic mass is 9.70. The number of methoxy groups -OCH3 is 1. The molecule has 5 heteroatoms. The van der Waals surface area contributed by atoms with Crippen molar-refractivity contribution < 1.29 is 14.3 Å². The second kappa shape index (κ2) is 6.84. The van der Waals surface area contributed by atoms with Crippen LogP contribution >= 0.6 is 11.6 Å². The van der Waals surface area contributed by atoms with Crippen molar-refractivity contribution in [3.05, 3.63) is 58.1 Å². The minimum absolute atomic E-state index is 0.0558. The maximum Gasteiger partial charge on any atom is 0.309 e. The third-order valence-electron chi connectivity index (χ3n) is 5.48. The van der Waals surface area contributed by atoms with E-state index < -0.39 is 0 Å². The molecule has 0 amide bonds. The Bertz CT molecular complexity index is 851. The van der Waals surface area contributed by atoms with Gasteiger partial charge in [-0.1, -0.05) is 23.7 Å². The molecule has 1 heterocycles. The van der Waals surface area contributed by atoms with Crippen LogP contribution in [0.4, 0.5) is 5.69 Å². The molecule has 0 unspecified atom stereocenters. The number of rotatable bonds is 2. The predicted octanol–water partition coefficient (Wildman–Crippen LogP) is 4.13. The topological polar surface area (TPSA) is 47.6 Å². The van der Waals surface area contributed by atoms with Gasteiger partial charge < -0.3 is 14.8 Å². The summed E-state index contributed by atoms with van der Waals surface area (Å²) < 4.78 is 11.0. The van der Waals surface area contributed by atoms with Crippen molar-refractivity contribution in [1.82, 2.24) is 0 Å². The number of anilines is 1. The molecule has 2 aliphatic rings. The number of halogens is 1. The van der Waals surface area contributed by atoms with Crippen LogP contribution in [0.3, 0.4) is 0 Å². The molecule has 0 saturated carbocycles. The number of ether oxygens (including phenoxy) is 2. The zero-order chi connectivity index (χ0) is 18.1. The van der Waals surface area contributed by atoms with E-state index >= 15 is 0 Å². The molecule has 0 aromatic heterocycles. The fourth-order valence-electron chi connectivity index (χ4n) is 4.09. The Kier molecular flexibility index (Phi) is 4.53. The van der Waals surface area contributed by atoms with Gasteiger partial charge in [0, 0.05) is 17.0 Å². The summed E-state index contributed by atoms with van der Waals surface area (Å²) in [6, 6.07) is 12.1. The molecular weight excluding hydrogens is 350 g/mol. The normalized spacial score (nSPS) is 21.0. The van der Waals surface area contributed by atoms with Gasteiger partial charge in [0.25, 0.3) is 0 Å². The van der Waals surface area contributed by atoms with Crippen LogP contribution in [0.25, 0.3) is 0 Å². The minimum Gasteiger partial charge on any atom is -0.490 e. The molecule has 2 aromatic carbocycles. The first-order valence-corrected chi connectivity index (χ1v) is 9.33. The molecule has 1 aliphatic heterocycles. The number of carbonyl (C=O) groups excluding carboxylic acids is 1. The second-order valence-corrected chi connectivity index (χ2v) is 7.60. The summed E-state index contributed by atoms with van der Waals surface area (Å²) in [5.41, 5.74) is 4.46. The zero-order valence-electron chi connectivity index (χ0n) is 14.8. The van der Waals surface area contributed by atoms with E-state index in [2.05, 4.69) is 17.4 Å². The number of nitrogens with one attached hydrogen (secondary N) is 1. The first-order valence-electron chi connectivity index (χ1n) is 8.95. The Morgan fingerprint density at radius 2 is 2.19 bits per heavy atom. The van der Waals surface area contributed by atoms with Crippen LogP contribution in [-0.4, -0.2) is 26.2 Å². The third kappa shape index (κ3) is 3.14.